The molecule has 0 atom stereocenters. The molecule has 0 spiro atoms. The summed E-state index contributed by atoms with van der Waals surface area (Å²) in [5.41, 5.74) is -0.393. The number of carbonyl (C=O) groups is 1. The molecule has 0 radical (unpaired) electrons. The van der Waals surface area contributed by atoms with Crippen LogP contribution in [0.25, 0.3) is 0 Å². The first kappa shape index (κ1) is 14.3. The van der Waals surface area contributed by atoms with Crippen LogP contribution in [0, 0.1) is 0 Å². The molecule has 1 aromatic carbocycles. The number of halogens is 6. The van der Waals surface area contributed by atoms with Crippen molar-refractivity contribution in [3.63, 3.8) is 0 Å². The van der Waals surface area contributed by atoms with Crippen LogP contribution in [0.4, 0.5) is 26.3 Å². The molecular formula is C10H6F6O2. The maximum atomic E-state index is 12.2. The Kier molecular flexibility index (Phi) is 3.88. The summed E-state index contributed by atoms with van der Waals surface area (Å²) in [5.74, 6) is -0.771. The van der Waals surface area contributed by atoms with Crippen molar-refractivity contribution >= 4 is 6.29 Å². The predicted octanol–water partition coefficient (Wildman–Crippen LogP) is 3.37. The highest BCUT2D eigenvalue weighted by atomic mass is 19.4. The van der Waals surface area contributed by atoms with Gasteiger partial charge in [0.25, 0.3) is 6.10 Å². The Morgan fingerprint density at radius 2 is 1.50 bits per heavy atom. The third kappa shape index (κ3) is 3.38. The van der Waals surface area contributed by atoms with E-state index >= 15 is 0 Å². The van der Waals surface area contributed by atoms with E-state index in [1.807, 2.05) is 0 Å². The zero-order valence-electron chi connectivity index (χ0n) is 8.55. The summed E-state index contributed by atoms with van der Waals surface area (Å²) in [6.07, 6.45) is -15.1. The summed E-state index contributed by atoms with van der Waals surface area (Å²) in [6, 6.07) is 4.35. The number of ether oxygens (including phenoxy) is 1. The van der Waals surface area contributed by atoms with Crippen molar-refractivity contribution < 1.29 is 35.9 Å². The largest absolute Gasteiger partial charge is 0.471 e. The molecule has 0 fully saturated rings. The van der Waals surface area contributed by atoms with E-state index in [9.17, 15) is 31.1 Å². The van der Waals surface area contributed by atoms with E-state index in [0.717, 1.165) is 18.2 Å². The first-order valence-corrected chi connectivity index (χ1v) is 4.50. The Labute approximate surface area is 97.2 Å². The van der Waals surface area contributed by atoms with E-state index in [1.165, 1.54) is 6.07 Å². The van der Waals surface area contributed by atoms with Gasteiger partial charge in [0.15, 0.2) is 6.29 Å². The first-order chi connectivity index (χ1) is 8.16. The van der Waals surface area contributed by atoms with Crippen LogP contribution in [0.5, 0.6) is 5.75 Å². The van der Waals surface area contributed by atoms with Crippen molar-refractivity contribution in [2.75, 3.05) is 0 Å². The summed E-state index contributed by atoms with van der Waals surface area (Å²) in [5, 5.41) is 0. The molecule has 0 aliphatic heterocycles. The third-order valence-corrected chi connectivity index (χ3v) is 1.89. The lowest BCUT2D eigenvalue weighted by atomic mass is 10.2. The molecule has 0 aromatic heterocycles. The predicted molar refractivity (Wildman–Crippen MR) is 48.4 cm³/mol. The molecule has 0 amide bonds. The minimum absolute atomic E-state index is 0.110. The lowest BCUT2D eigenvalue weighted by Gasteiger charge is -2.24. The summed E-state index contributed by atoms with van der Waals surface area (Å²) >= 11 is 0. The summed E-state index contributed by atoms with van der Waals surface area (Å²) < 4.78 is 77.1. The van der Waals surface area contributed by atoms with Gasteiger partial charge in [0.2, 0.25) is 0 Å². The minimum atomic E-state index is -5.62. The van der Waals surface area contributed by atoms with Crippen LogP contribution in [0.2, 0.25) is 0 Å². The lowest BCUT2D eigenvalue weighted by molar-refractivity contribution is -0.299. The molecule has 1 rings (SSSR count). The number of hydrogen-bond acceptors (Lipinski definition) is 2. The SMILES string of the molecule is O=Cc1ccccc1OC(C(F)(F)F)C(F)(F)F. The quantitative estimate of drug-likeness (QED) is 0.623. The fraction of sp³-hybridized carbons (Fsp3) is 0.300. The molecule has 0 unspecified atom stereocenters. The van der Waals surface area contributed by atoms with Crippen LogP contribution in [0.1, 0.15) is 10.4 Å². The van der Waals surface area contributed by atoms with Crippen molar-refractivity contribution in [1.82, 2.24) is 0 Å². The number of alkyl halides is 6. The van der Waals surface area contributed by atoms with E-state index in [1.54, 1.807) is 0 Å². The van der Waals surface area contributed by atoms with Crippen LogP contribution >= 0.6 is 0 Å². The Morgan fingerprint density at radius 1 is 1.00 bits per heavy atom. The number of benzene rings is 1. The second-order valence-electron chi connectivity index (χ2n) is 3.24. The van der Waals surface area contributed by atoms with Gasteiger partial charge in [-0.25, -0.2) is 0 Å². The van der Waals surface area contributed by atoms with Crippen LogP contribution in [0.3, 0.4) is 0 Å². The van der Waals surface area contributed by atoms with Gasteiger partial charge in [0.05, 0.1) is 5.56 Å². The smallest absolute Gasteiger partial charge is 0.434 e. The topological polar surface area (TPSA) is 26.3 Å². The highest BCUT2D eigenvalue weighted by Crippen LogP contribution is 2.36. The fourth-order valence-corrected chi connectivity index (χ4v) is 1.13. The Bertz CT molecular complexity index is 409. The van der Waals surface area contributed by atoms with Gasteiger partial charge in [-0.05, 0) is 12.1 Å². The molecule has 1 aromatic rings. The highest BCUT2D eigenvalue weighted by molar-refractivity contribution is 5.79. The second kappa shape index (κ2) is 4.87. The zero-order chi connectivity index (χ0) is 14.0. The van der Waals surface area contributed by atoms with Gasteiger partial charge in [-0.1, -0.05) is 12.1 Å². The average Bonchev–Trinajstić information content (AvgIpc) is 2.23. The second-order valence-corrected chi connectivity index (χ2v) is 3.24. The van der Waals surface area contributed by atoms with E-state index in [-0.39, 0.29) is 6.29 Å². The number of hydrogen-bond donors (Lipinski definition) is 0. The number of para-hydroxylation sites is 1. The molecule has 100 valence electrons. The highest BCUT2D eigenvalue weighted by Gasteiger charge is 2.59. The Hall–Kier alpha value is -1.73. The van der Waals surface area contributed by atoms with Gasteiger partial charge in [0.1, 0.15) is 5.75 Å². The zero-order valence-corrected chi connectivity index (χ0v) is 8.55. The fourth-order valence-electron chi connectivity index (χ4n) is 1.13. The van der Waals surface area contributed by atoms with Crippen LogP contribution in [-0.4, -0.2) is 24.7 Å². The lowest BCUT2D eigenvalue weighted by Crippen LogP contribution is -2.46. The molecule has 0 saturated carbocycles. The summed E-state index contributed by atoms with van der Waals surface area (Å²) in [4.78, 5) is 10.5. The van der Waals surface area contributed by atoms with E-state index in [0.29, 0.717) is 0 Å². The summed E-state index contributed by atoms with van der Waals surface area (Å²) in [7, 11) is 0. The molecule has 0 aliphatic carbocycles. The first-order valence-electron chi connectivity index (χ1n) is 4.50. The molecule has 0 bridgehead atoms. The summed E-state index contributed by atoms with van der Waals surface area (Å²) in [6.45, 7) is 0. The van der Waals surface area contributed by atoms with Gasteiger partial charge in [-0.2, -0.15) is 26.3 Å². The monoisotopic (exact) mass is 272 g/mol. The normalized spacial score (nSPS) is 12.6. The third-order valence-electron chi connectivity index (χ3n) is 1.89. The molecule has 0 aliphatic rings. The molecular weight excluding hydrogens is 266 g/mol. The van der Waals surface area contributed by atoms with Crippen molar-refractivity contribution in [1.29, 1.82) is 0 Å². The van der Waals surface area contributed by atoms with E-state index in [2.05, 4.69) is 4.74 Å². The van der Waals surface area contributed by atoms with Crippen LogP contribution in [0.15, 0.2) is 24.3 Å². The molecule has 0 N–H and O–H groups in total. The van der Waals surface area contributed by atoms with Gasteiger partial charge in [-0.3, -0.25) is 4.79 Å². The van der Waals surface area contributed by atoms with Crippen LogP contribution < -0.4 is 4.74 Å². The Morgan fingerprint density at radius 3 is 1.94 bits per heavy atom. The van der Waals surface area contributed by atoms with Crippen molar-refractivity contribution in [2.24, 2.45) is 0 Å². The molecule has 0 heterocycles. The van der Waals surface area contributed by atoms with Gasteiger partial charge < -0.3 is 4.74 Å². The number of rotatable bonds is 3. The molecule has 2 nitrogen and oxygen atoms in total. The van der Waals surface area contributed by atoms with Gasteiger partial charge in [-0.15, -0.1) is 0 Å². The van der Waals surface area contributed by atoms with Crippen molar-refractivity contribution in [2.45, 2.75) is 18.5 Å². The van der Waals surface area contributed by atoms with Crippen molar-refractivity contribution in [3.05, 3.63) is 29.8 Å². The maximum Gasteiger partial charge on any atom is 0.434 e. The van der Waals surface area contributed by atoms with Crippen LogP contribution in [-0.2, 0) is 0 Å². The van der Waals surface area contributed by atoms with Gasteiger partial charge in [0, 0.05) is 0 Å². The van der Waals surface area contributed by atoms with Crippen molar-refractivity contribution in [3.8, 4) is 5.75 Å². The maximum absolute atomic E-state index is 12.2. The molecule has 8 heteroatoms. The standard InChI is InChI=1S/C10H6F6O2/c11-9(12,13)8(10(14,15)16)18-7-4-2-1-3-6(7)5-17/h1-5,8H. The molecule has 0 saturated heterocycles. The van der Waals surface area contributed by atoms with E-state index < -0.39 is 29.8 Å². The number of aldehydes is 1. The molecule has 18 heavy (non-hydrogen) atoms. The van der Waals surface area contributed by atoms with E-state index in [4.69, 9.17) is 0 Å². The van der Waals surface area contributed by atoms with Gasteiger partial charge >= 0.3 is 12.4 Å². The number of carbonyl (C=O) groups excluding carboxylic acids is 1. The Balaban J connectivity index is 3.08. The average molecular weight is 272 g/mol. The minimum Gasteiger partial charge on any atom is -0.471 e.